The van der Waals surface area contributed by atoms with E-state index >= 15 is 0 Å². The number of nitrogens with one attached hydrogen (secondary N) is 1. The van der Waals surface area contributed by atoms with Crippen molar-refractivity contribution in [3.63, 3.8) is 0 Å². The molecular weight excluding hydrogens is 200 g/mol. The second-order valence-corrected chi connectivity index (χ2v) is 3.96. The highest BCUT2D eigenvalue weighted by Crippen LogP contribution is 2.19. The molecule has 1 aromatic heterocycles. The molecule has 3 heteroatoms. The predicted molar refractivity (Wildman–Crippen MR) is 66.4 cm³/mol. The maximum Gasteiger partial charge on any atom is 0.271 e. The summed E-state index contributed by atoms with van der Waals surface area (Å²) in [6.45, 7) is 4.11. The standard InChI is InChI=1S/C13H14N2O/c1-8-3-4-10(7-9(8)2)12-6-5-11(14)13(16)15-12/h3-7H,14H2,1-2H3,(H,15,16). The molecule has 0 radical (unpaired) electrons. The number of aromatic amines is 1. The van der Waals surface area contributed by atoms with Crippen molar-refractivity contribution < 1.29 is 0 Å². The highest BCUT2D eigenvalue weighted by atomic mass is 16.1. The van der Waals surface area contributed by atoms with Crippen LogP contribution in [-0.2, 0) is 0 Å². The Morgan fingerprint density at radius 3 is 2.44 bits per heavy atom. The molecule has 82 valence electrons. The number of hydrogen-bond donors (Lipinski definition) is 2. The second-order valence-electron chi connectivity index (χ2n) is 3.96. The van der Waals surface area contributed by atoms with Crippen LogP contribution >= 0.6 is 0 Å². The quantitative estimate of drug-likeness (QED) is 0.764. The first-order chi connectivity index (χ1) is 7.58. The molecule has 0 atom stereocenters. The lowest BCUT2D eigenvalue weighted by molar-refractivity contribution is 1.24. The van der Waals surface area contributed by atoms with Gasteiger partial charge in [-0.1, -0.05) is 12.1 Å². The zero-order valence-corrected chi connectivity index (χ0v) is 9.37. The van der Waals surface area contributed by atoms with Crippen LogP contribution in [0, 0.1) is 13.8 Å². The molecular formula is C13H14N2O. The predicted octanol–water partition coefficient (Wildman–Crippen LogP) is 2.24. The number of H-pyrrole nitrogens is 1. The Morgan fingerprint density at radius 1 is 1.06 bits per heavy atom. The minimum atomic E-state index is -0.240. The summed E-state index contributed by atoms with van der Waals surface area (Å²) in [7, 11) is 0. The van der Waals surface area contributed by atoms with Gasteiger partial charge in [0.05, 0.1) is 5.69 Å². The third kappa shape index (κ3) is 1.84. The highest BCUT2D eigenvalue weighted by Gasteiger charge is 2.02. The van der Waals surface area contributed by atoms with Gasteiger partial charge < -0.3 is 10.7 Å². The van der Waals surface area contributed by atoms with Crippen molar-refractivity contribution in [2.75, 3.05) is 5.73 Å². The van der Waals surface area contributed by atoms with E-state index in [1.54, 1.807) is 6.07 Å². The number of hydrogen-bond acceptors (Lipinski definition) is 2. The number of nitrogen functional groups attached to an aromatic ring is 1. The molecule has 0 fully saturated rings. The van der Waals surface area contributed by atoms with Gasteiger partial charge in [0.2, 0.25) is 0 Å². The van der Waals surface area contributed by atoms with E-state index in [9.17, 15) is 4.79 Å². The number of aromatic nitrogens is 1. The van der Waals surface area contributed by atoms with E-state index in [0.29, 0.717) is 0 Å². The molecule has 0 aliphatic rings. The lowest BCUT2D eigenvalue weighted by Crippen LogP contribution is -2.11. The van der Waals surface area contributed by atoms with E-state index in [4.69, 9.17) is 5.73 Å². The van der Waals surface area contributed by atoms with Crippen LogP contribution in [-0.4, -0.2) is 4.98 Å². The maximum absolute atomic E-state index is 11.4. The molecule has 1 aromatic carbocycles. The zero-order valence-electron chi connectivity index (χ0n) is 9.37. The van der Waals surface area contributed by atoms with Gasteiger partial charge in [-0.15, -0.1) is 0 Å². The normalized spacial score (nSPS) is 10.4. The third-order valence-electron chi connectivity index (χ3n) is 2.76. The van der Waals surface area contributed by atoms with E-state index in [1.165, 1.54) is 11.1 Å². The summed E-state index contributed by atoms with van der Waals surface area (Å²) >= 11 is 0. The van der Waals surface area contributed by atoms with Crippen molar-refractivity contribution in [2.45, 2.75) is 13.8 Å². The summed E-state index contributed by atoms with van der Waals surface area (Å²) in [4.78, 5) is 14.1. The van der Waals surface area contributed by atoms with Crippen molar-refractivity contribution in [1.82, 2.24) is 4.98 Å². The zero-order chi connectivity index (χ0) is 11.7. The van der Waals surface area contributed by atoms with Crippen molar-refractivity contribution in [1.29, 1.82) is 0 Å². The fourth-order valence-corrected chi connectivity index (χ4v) is 1.56. The molecule has 0 saturated carbocycles. The molecule has 0 bridgehead atoms. The van der Waals surface area contributed by atoms with Gasteiger partial charge in [-0.25, -0.2) is 0 Å². The van der Waals surface area contributed by atoms with Crippen LogP contribution in [0.15, 0.2) is 35.1 Å². The van der Waals surface area contributed by atoms with Gasteiger partial charge in [0, 0.05) is 5.69 Å². The first-order valence-electron chi connectivity index (χ1n) is 5.14. The monoisotopic (exact) mass is 214 g/mol. The lowest BCUT2D eigenvalue weighted by atomic mass is 10.0. The van der Waals surface area contributed by atoms with Crippen molar-refractivity contribution >= 4 is 5.69 Å². The number of anilines is 1. The Hall–Kier alpha value is -2.03. The summed E-state index contributed by atoms with van der Waals surface area (Å²) in [6.07, 6.45) is 0. The third-order valence-corrected chi connectivity index (χ3v) is 2.76. The molecule has 0 unspecified atom stereocenters. The minimum absolute atomic E-state index is 0.240. The van der Waals surface area contributed by atoms with Crippen LogP contribution in [0.25, 0.3) is 11.3 Å². The lowest BCUT2D eigenvalue weighted by Gasteiger charge is -2.05. The Bertz CT molecular complexity index is 585. The maximum atomic E-state index is 11.4. The first-order valence-corrected chi connectivity index (χ1v) is 5.14. The van der Waals surface area contributed by atoms with Gasteiger partial charge >= 0.3 is 0 Å². The Morgan fingerprint density at radius 2 is 1.81 bits per heavy atom. The fourth-order valence-electron chi connectivity index (χ4n) is 1.56. The molecule has 3 nitrogen and oxygen atoms in total. The van der Waals surface area contributed by atoms with Gasteiger partial charge in [-0.05, 0) is 48.7 Å². The molecule has 3 N–H and O–H groups in total. The molecule has 0 aliphatic carbocycles. The molecule has 16 heavy (non-hydrogen) atoms. The van der Waals surface area contributed by atoms with Crippen LogP contribution < -0.4 is 11.3 Å². The SMILES string of the molecule is Cc1ccc(-c2ccc(N)c(=O)[nH]2)cc1C. The second kappa shape index (κ2) is 3.85. The molecule has 0 aliphatic heterocycles. The van der Waals surface area contributed by atoms with Crippen LogP contribution in [0.1, 0.15) is 11.1 Å². The van der Waals surface area contributed by atoms with E-state index in [1.807, 2.05) is 25.1 Å². The van der Waals surface area contributed by atoms with Crippen LogP contribution in [0.4, 0.5) is 5.69 Å². The average Bonchev–Trinajstić information content (AvgIpc) is 2.26. The Labute approximate surface area is 93.9 Å². The van der Waals surface area contributed by atoms with Gasteiger partial charge in [0.25, 0.3) is 5.56 Å². The summed E-state index contributed by atoms with van der Waals surface area (Å²) in [5.74, 6) is 0. The molecule has 1 heterocycles. The molecule has 2 rings (SSSR count). The summed E-state index contributed by atoms with van der Waals surface area (Å²) < 4.78 is 0. The largest absolute Gasteiger partial charge is 0.394 e. The Kier molecular flexibility index (Phi) is 2.52. The number of benzene rings is 1. The van der Waals surface area contributed by atoms with E-state index in [2.05, 4.69) is 18.0 Å². The number of rotatable bonds is 1. The van der Waals surface area contributed by atoms with E-state index in [0.717, 1.165) is 11.3 Å². The molecule has 0 amide bonds. The summed E-state index contributed by atoms with van der Waals surface area (Å²) in [5.41, 5.74) is 9.72. The van der Waals surface area contributed by atoms with E-state index < -0.39 is 0 Å². The van der Waals surface area contributed by atoms with Crippen LogP contribution in [0.5, 0.6) is 0 Å². The van der Waals surface area contributed by atoms with Crippen LogP contribution in [0.3, 0.4) is 0 Å². The number of nitrogens with two attached hydrogens (primary N) is 1. The van der Waals surface area contributed by atoms with Crippen LogP contribution in [0.2, 0.25) is 0 Å². The average molecular weight is 214 g/mol. The van der Waals surface area contributed by atoms with Gasteiger partial charge in [-0.2, -0.15) is 0 Å². The van der Waals surface area contributed by atoms with E-state index in [-0.39, 0.29) is 11.2 Å². The number of pyridine rings is 1. The molecule has 0 saturated heterocycles. The van der Waals surface area contributed by atoms with Crippen molar-refractivity contribution in [3.05, 3.63) is 51.8 Å². The van der Waals surface area contributed by atoms with Crippen molar-refractivity contribution in [2.24, 2.45) is 0 Å². The van der Waals surface area contributed by atoms with Gasteiger partial charge in [-0.3, -0.25) is 4.79 Å². The minimum Gasteiger partial charge on any atom is -0.394 e. The van der Waals surface area contributed by atoms with Gasteiger partial charge in [0.15, 0.2) is 0 Å². The summed E-state index contributed by atoms with van der Waals surface area (Å²) in [5, 5.41) is 0. The molecule has 0 spiro atoms. The first kappa shape index (κ1) is 10.5. The fraction of sp³-hybridized carbons (Fsp3) is 0.154. The Balaban J connectivity index is 2.55. The number of aryl methyl sites for hydroxylation is 2. The smallest absolute Gasteiger partial charge is 0.271 e. The summed E-state index contributed by atoms with van der Waals surface area (Å²) in [6, 6.07) is 9.53. The van der Waals surface area contributed by atoms with Gasteiger partial charge in [0.1, 0.15) is 0 Å². The molecule has 2 aromatic rings. The highest BCUT2D eigenvalue weighted by molar-refractivity contribution is 5.62. The van der Waals surface area contributed by atoms with Crippen molar-refractivity contribution in [3.8, 4) is 11.3 Å². The topological polar surface area (TPSA) is 58.9 Å².